The van der Waals surface area contributed by atoms with Gasteiger partial charge in [-0.1, -0.05) is 53.2 Å². The molecule has 1 N–H and O–H groups in total. The summed E-state index contributed by atoms with van der Waals surface area (Å²) in [7, 11) is 0. The molecule has 1 aromatic carbocycles. The van der Waals surface area contributed by atoms with Crippen molar-refractivity contribution in [1.29, 1.82) is 0 Å². The maximum absolute atomic E-state index is 12.3. The Balaban J connectivity index is 1.69. The quantitative estimate of drug-likeness (QED) is 0.610. The van der Waals surface area contributed by atoms with Crippen LogP contribution < -0.4 is 5.32 Å². The smallest absolute Gasteiger partial charge is 0.236 e. The van der Waals surface area contributed by atoms with Crippen molar-refractivity contribution in [3.8, 4) is 5.69 Å². The lowest BCUT2D eigenvalue weighted by Crippen LogP contribution is -2.16. The fourth-order valence-corrected chi connectivity index (χ4v) is 3.53. The highest BCUT2D eigenvalue weighted by atomic mass is 35.5. The Kier molecular flexibility index (Phi) is 5.86. The molecule has 0 radical (unpaired) electrons. The number of rotatable bonds is 5. The maximum atomic E-state index is 12.3. The molecule has 134 valence electrons. The van der Waals surface area contributed by atoms with E-state index < -0.39 is 0 Å². The Hall–Kier alpha value is -2.02. The molecule has 2 heterocycles. The number of halogens is 2. The number of imidazole rings is 1. The molecule has 26 heavy (non-hydrogen) atoms. The second kappa shape index (κ2) is 8.12. The van der Waals surface area contributed by atoms with Gasteiger partial charge in [-0.05, 0) is 31.5 Å². The van der Waals surface area contributed by atoms with Crippen LogP contribution in [0.5, 0.6) is 0 Å². The van der Waals surface area contributed by atoms with Crippen molar-refractivity contribution in [2.75, 3.05) is 11.1 Å². The molecular weight excluding hydrogens is 391 g/mol. The average molecular weight is 407 g/mol. The molecule has 0 unspecified atom stereocenters. The highest BCUT2D eigenvalue weighted by Crippen LogP contribution is 2.26. The molecular formula is C18H16Cl2N4OS. The first-order valence-electron chi connectivity index (χ1n) is 7.80. The van der Waals surface area contributed by atoms with Crippen molar-refractivity contribution >= 4 is 46.7 Å². The number of nitrogens with zero attached hydrogens (tertiary/aromatic N) is 3. The Morgan fingerprint density at radius 2 is 2.00 bits per heavy atom. The largest absolute Gasteiger partial charge is 0.309 e. The normalized spacial score (nSPS) is 10.8. The van der Waals surface area contributed by atoms with Gasteiger partial charge in [0.15, 0.2) is 11.0 Å². The molecule has 0 aliphatic heterocycles. The zero-order valence-electron chi connectivity index (χ0n) is 14.2. The zero-order valence-corrected chi connectivity index (χ0v) is 16.5. The van der Waals surface area contributed by atoms with Crippen LogP contribution in [0.25, 0.3) is 5.69 Å². The van der Waals surface area contributed by atoms with Crippen LogP contribution in [0.15, 0.2) is 47.9 Å². The first-order chi connectivity index (χ1) is 12.5. The SMILES string of the molecule is Cc1ccccc1-n1ccnc1SCC(=O)Nc1nc(C)c(Cl)cc1Cl. The summed E-state index contributed by atoms with van der Waals surface area (Å²) in [5.74, 6) is 0.273. The number of carbonyl (C=O) groups excluding carboxylic acids is 1. The van der Waals surface area contributed by atoms with Gasteiger partial charge in [-0.2, -0.15) is 0 Å². The lowest BCUT2D eigenvalue weighted by molar-refractivity contribution is -0.113. The first-order valence-corrected chi connectivity index (χ1v) is 9.54. The molecule has 1 amide bonds. The number of amides is 1. The van der Waals surface area contributed by atoms with Gasteiger partial charge >= 0.3 is 0 Å². The first kappa shape index (κ1) is 18.8. The molecule has 0 bridgehead atoms. The van der Waals surface area contributed by atoms with Crippen molar-refractivity contribution in [3.63, 3.8) is 0 Å². The number of anilines is 1. The number of benzene rings is 1. The van der Waals surface area contributed by atoms with E-state index in [0.717, 1.165) is 16.4 Å². The van der Waals surface area contributed by atoms with Crippen LogP contribution in [-0.2, 0) is 4.79 Å². The fourth-order valence-electron chi connectivity index (χ4n) is 2.36. The Bertz CT molecular complexity index is 958. The number of nitrogens with one attached hydrogen (secondary N) is 1. The maximum Gasteiger partial charge on any atom is 0.236 e. The van der Waals surface area contributed by atoms with Crippen molar-refractivity contribution in [3.05, 3.63) is 64.0 Å². The van der Waals surface area contributed by atoms with Crippen LogP contribution >= 0.6 is 35.0 Å². The summed E-state index contributed by atoms with van der Waals surface area (Å²) in [4.78, 5) is 20.8. The molecule has 0 saturated heterocycles. The third-order valence-corrected chi connectivity index (χ3v) is 5.31. The van der Waals surface area contributed by atoms with E-state index in [1.807, 2.05) is 42.0 Å². The minimum absolute atomic E-state index is 0.183. The molecule has 3 aromatic rings. The highest BCUT2D eigenvalue weighted by Gasteiger charge is 2.13. The van der Waals surface area contributed by atoms with Gasteiger partial charge in [-0.15, -0.1) is 0 Å². The summed E-state index contributed by atoms with van der Waals surface area (Å²) in [6, 6.07) is 9.58. The van der Waals surface area contributed by atoms with Gasteiger partial charge in [0.2, 0.25) is 5.91 Å². The van der Waals surface area contributed by atoms with Crippen molar-refractivity contribution < 1.29 is 4.79 Å². The molecule has 0 fully saturated rings. The topological polar surface area (TPSA) is 59.8 Å². The molecule has 0 atom stereocenters. The van der Waals surface area contributed by atoms with Gasteiger partial charge in [-0.3, -0.25) is 9.36 Å². The van der Waals surface area contributed by atoms with E-state index in [1.165, 1.54) is 11.8 Å². The van der Waals surface area contributed by atoms with Crippen LogP contribution in [0.1, 0.15) is 11.3 Å². The molecule has 5 nitrogen and oxygen atoms in total. The van der Waals surface area contributed by atoms with E-state index in [4.69, 9.17) is 23.2 Å². The number of aromatic nitrogens is 3. The number of carbonyl (C=O) groups is 1. The summed E-state index contributed by atoms with van der Waals surface area (Å²) < 4.78 is 1.96. The Morgan fingerprint density at radius 3 is 2.77 bits per heavy atom. The van der Waals surface area contributed by atoms with Crippen LogP contribution in [0.2, 0.25) is 10.0 Å². The highest BCUT2D eigenvalue weighted by molar-refractivity contribution is 7.99. The van der Waals surface area contributed by atoms with E-state index in [1.54, 1.807) is 19.2 Å². The predicted octanol–water partition coefficient (Wildman–Crippen LogP) is 4.92. The predicted molar refractivity (Wildman–Crippen MR) is 107 cm³/mol. The summed E-state index contributed by atoms with van der Waals surface area (Å²) in [6.45, 7) is 3.79. The second-order valence-corrected chi connectivity index (χ2v) is 7.35. The van der Waals surface area contributed by atoms with E-state index in [-0.39, 0.29) is 11.7 Å². The van der Waals surface area contributed by atoms with Crippen LogP contribution in [0.4, 0.5) is 5.82 Å². The fraction of sp³-hybridized carbons (Fsp3) is 0.167. The zero-order chi connectivity index (χ0) is 18.7. The number of hydrogen-bond acceptors (Lipinski definition) is 4. The van der Waals surface area contributed by atoms with E-state index >= 15 is 0 Å². The third-order valence-electron chi connectivity index (χ3n) is 3.68. The number of aryl methyl sites for hydroxylation is 2. The minimum Gasteiger partial charge on any atom is -0.309 e. The van der Waals surface area contributed by atoms with Gasteiger partial charge in [-0.25, -0.2) is 9.97 Å². The van der Waals surface area contributed by atoms with Gasteiger partial charge in [0.25, 0.3) is 0 Å². The monoisotopic (exact) mass is 406 g/mol. The summed E-state index contributed by atoms with van der Waals surface area (Å²) in [6.07, 6.45) is 3.59. The number of pyridine rings is 1. The molecule has 8 heteroatoms. The number of hydrogen-bond donors (Lipinski definition) is 1. The Morgan fingerprint density at radius 1 is 1.23 bits per heavy atom. The summed E-state index contributed by atoms with van der Waals surface area (Å²) in [5, 5.41) is 4.22. The molecule has 0 saturated carbocycles. The van der Waals surface area contributed by atoms with E-state index in [9.17, 15) is 4.79 Å². The summed E-state index contributed by atoms with van der Waals surface area (Å²) in [5.41, 5.74) is 2.77. The standard InChI is InChI=1S/C18H16Cl2N4OS/c1-11-5-3-4-6-15(11)24-8-7-21-18(24)26-10-16(25)23-17-14(20)9-13(19)12(2)22-17/h3-9H,10H2,1-2H3,(H,22,23,25). The lowest BCUT2D eigenvalue weighted by Gasteiger charge is -2.11. The number of thioether (sulfide) groups is 1. The average Bonchev–Trinajstić information content (AvgIpc) is 3.06. The van der Waals surface area contributed by atoms with Gasteiger partial charge in [0.1, 0.15) is 0 Å². The Labute approximate surface area is 165 Å². The van der Waals surface area contributed by atoms with Crippen LogP contribution in [0.3, 0.4) is 0 Å². The molecule has 0 aliphatic carbocycles. The van der Waals surface area contributed by atoms with Crippen molar-refractivity contribution in [2.24, 2.45) is 0 Å². The molecule has 0 spiro atoms. The third kappa shape index (κ3) is 4.20. The van der Waals surface area contributed by atoms with E-state index in [0.29, 0.717) is 21.6 Å². The van der Waals surface area contributed by atoms with Gasteiger partial charge < -0.3 is 5.32 Å². The van der Waals surface area contributed by atoms with Gasteiger partial charge in [0.05, 0.1) is 27.2 Å². The van der Waals surface area contributed by atoms with E-state index in [2.05, 4.69) is 15.3 Å². The second-order valence-electron chi connectivity index (χ2n) is 5.59. The molecule has 2 aromatic heterocycles. The van der Waals surface area contributed by atoms with Crippen molar-refractivity contribution in [1.82, 2.24) is 14.5 Å². The van der Waals surface area contributed by atoms with Crippen LogP contribution in [0, 0.1) is 13.8 Å². The number of para-hydroxylation sites is 1. The minimum atomic E-state index is -0.217. The lowest BCUT2D eigenvalue weighted by atomic mass is 10.2. The van der Waals surface area contributed by atoms with Gasteiger partial charge in [0, 0.05) is 12.4 Å². The molecule has 0 aliphatic rings. The van der Waals surface area contributed by atoms with Crippen molar-refractivity contribution in [2.45, 2.75) is 19.0 Å². The molecule has 3 rings (SSSR count). The van der Waals surface area contributed by atoms with Crippen LogP contribution in [-0.4, -0.2) is 26.2 Å². The summed E-state index contributed by atoms with van der Waals surface area (Å²) >= 11 is 13.4.